The first-order valence-electron chi connectivity index (χ1n) is 7.66. The van der Waals surface area contributed by atoms with Crippen molar-refractivity contribution in [3.63, 3.8) is 0 Å². The molecule has 2 rings (SSSR count). The zero-order valence-corrected chi connectivity index (χ0v) is 13.8. The average Bonchev–Trinajstić information content (AvgIpc) is 2.98. The van der Waals surface area contributed by atoms with Gasteiger partial charge in [-0.3, -0.25) is 10.2 Å². The molecule has 0 radical (unpaired) electrons. The normalized spacial score (nSPS) is 16.9. The Bertz CT molecular complexity index is 693. The highest BCUT2D eigenvalue weighted by atomic mass is 19.4. The number of nitrogens with one attached hydrogen (secondary N) is 2. The third kappa shape index (κ3) is 4.55. The molecule has 8 nitrogen and oxygen atoms in total. The number of carbonyl (C=O) groups excluding carboxylic acids is 2. The molecule has 11 heteroatoms. The molecule has 1 aliphatic heterocycles. The summed E-state index contributed by atoms with van der Waals surface area (Å²) in [5.74, 6) is -3.53. The molecule has 1 aromatic rings. The van der Waals surface area contributed by atoms with Crippen LogP contribution in [0, 0.1) is 5.41 Å². The summed E-state index contributed by atoms with van der Waals surface area (Å²) in [7, 11) is 0. The van der Waals surface area contributed by atoms with Gasteiger partial charge >= 0.3 is 12.1 Å². The molecule has 142 valence electrons. The number of hydroxylamine groups is 1. The van der Waals surface area contributed by atoms with Crippen molar-refractivity contribution in [3.8, 4) is 0 Å². The molecule has 4 N–H and O–H groups in total. The SMILES string of the molecule is CC(=O)N[C@H]1CCCN1c1ccc(N(OC(=O)C(F)(F)F)C(=N)N)cc1. The van der Waals surface area contributed by atoms with E-state index in [2.05, 4.69) is 10.2 Å². The molecule has 1 aromatic carbocycles. The van der Waals surface area contributed by atoms with Gasteiger partial charge in [-0.25, -0.2) is 4.79 Å². The van der Waals surface area contributed by atoms with Crippen LogP contribution in [0.5, 0.6) is 0 Å². The zero-order chi connectivity index (χ0) is 19.5. The van der Waals surface area contributed by atoms with Gasteiger partial charge in [-0.1, -0.05) is 0 Å². The lowest BCUT2D eigenvalue weighted by Gasteiger charge is -2.28. The molecule has 0 aromatic heterocycles. The van der Waals surface area contributed by atoms with Crippen LogP contribution in [-0.2, 0) is 14.4 Å². The van der Waals surface area contributed by atoms with Gasteiger partial charge in [0, 0.05) is 19.2 Å². The summed E-state index contributed by atoms with van der Waals surface area (Å²) in [5.41, 5.74) is 5.90. The highest BCUT2D eigenvalue weighted by Crippen LogP contribution is 2.27. The van der Waals surface area contributed by atoms with Crippen molar-refractivity contribution in [3.05, 3.63) is 24.3 Å². The number of alkyl halides is 3. The third-order valence-corrected chi connectivity index (χ3v) is 3.66. The highest BCUT2D eigenvalue weighted by Gasteiger charge is 2.43. The Morgan fingerprint density at radius 3 is 2.46 bits per heavy atom. The molecule has 0 spiro atoms. The lowest BCUT2D eigenvalue weighted by Crippen LogP contribution is -2.43. The van der Waals surface area contributed by atoms with Gasteiger partial charge in [-0.05, 0) is 37.1 Å². The molecule has 0 bridgehead atoms. The summed E-state index contributed by atoms with van der Waals surface area (Å²) < 4.78 is 37.1. The predicted octanol–water partition coefficient (Wildman–Crippen LogP) is 1.47. The van der Waals surface area contributed by atoms with Crippen LogP contribution < -0.4 is 21.0 Å². The number of benzene rings is 1. The monoisotopic (exact) mass is 373 g/mol. The maximum Gasteiger partial charge on any atom is 0.493 e. The number of amides is 1. The molecular formula is C15H18F3N5O3. The first kappa shape index (κ1) is 19.3. The number of guanidine groups is 1. The van der Waals surface area contributed by atoms with Crippen LogP contribution >= 0.6 is 0 Å². The first-order valence-corrected chi connectivity index (χ1v) is 7.66. The number of halogens is 3. The number of nitrogens with two attached hydrogens (primary N) is 1. The first-order chi connectivity index (χ1) is 12.1. The van der Waals surface area contributed by atoms with Crippen molar-refractivity contribution in [1.82, 2.24) is 5.32 Å². The fourth-order valence-corrected chi connectivity index (χ4v) is 2.62. The average molecular weight is 373 g/mol. The summed E-state index contributed by atoms with van der Waals surface area (Å²) in [6.07, 6.45) is -3.75. The van der Waals surface area contributed by atoms with Crippen molar-refractivity contribution < 1.29 is 27.6 Å². The van der Waals surface area contributed by atoms with E-state index >= 15 is 0 Å². The molecule has 1 aliphatic rings. The summed E-state index contributed by atoms with van der Waals surface area (Å²) in [6.45, 7) is 2.11. The van der Waals surface area contributed by atoms with Crippen LogP contribution in [-0.4, -0.2) is 36.7 Å². The van der Waals surface area contributed by atoms with Gasteiger partial charge in [0.2, 0.25) is 11.9 Å². The minimum Gasteiger partial charge on any atom is -0.367 e. The van der Waals surface area contributed by atoms with E-state index in [0.29, 0.717) is 6.54 Å². The highest BCUT2D eigenvalue weighted by molar-refractivity contribution is 5.93. The zero-order valence-electron chi connectivity index (χ0n) is 13.8. The molecule has 1 fully saturated rings. The Morgan fingerprint density at radius 2 is 1.96 bits per heavy atom. The summed E-state index contributed by atoms with van der Waals surface area (Å²) >= 11 is 0. The minimum atomic E-state index is -5.21. The lowest BCUT2D eigenvalue weighted by molar-refractivity contribution is -0.199. The molecule has 0 saturated carbocycles. The van der Waals surface area contributed by atoms with Gasteiger partial charge in [0.15, 0.2) is 0 Å². The second-order valence-corrected chi connectivity index (χ2v) is 5.62. The maximum absolute atomic E-state index is 12.4. The van der Waals surface area contributed by atoms with Gasteiger partial charge < -0.3 is 20.8 Å². The van der Waals surface area contributed by atoms with E-state index in [-0.39, 0.29) is 22.8 Å². The lowest BCUT2D eigenvalue weighted by atomic mass is 10.2. The van der Waals surface area contributed by atoms with E-state index in [1.165, 1.54) is 19.1 Å². The van der Waals surface area contributed by atoms with Crippen LogP contribution in [0.4, 0.5) is 24.5 Å². The van der Waals surface area contributed by atoms with E-state index in [9.17, 15) is 22.8 Å². The van der Waals surface area contributed by atoms with Crippen molar-refractivity contribution in [2.24, 2.45) is 5.73 Å². The summed E-state index contributed by atoms with van der Waals surface area (Å²) in [6, 6.07) is 5.88. The molecule has 1 amide bonds. The number of hydrogen-bond donors (Lipinski definition) is 3. The van der Waals surface area contributed by atoms with Gasteiger partial charge in [0.1, 0.15) is 6.17 Å². The number of anilines is 2. The van der Waals surface area contributed by atoms with Crippen LogP contribution in [0.2, 0.25) is 0 Å². The predicted molar refractivity (Wildman–Crippen MR) is 87.2 cm³/mol. The van der Waals surface area contributed by atoms with Gasteiger partial charge in [-0.15, -0.1) is 5.06 Å². The number of nitrogens with zero attached hydrogens (tertiary/aromatic N) is 2. The molecule has 1 saturated heterocycles. The Kier molecular flexibility index (Phi) is 5.58. The minimum absolute atomic E-state index is 0.0193. The van der Waals surface area contributed by atoms with E-state index < -0.39 is 18.1 Å². The Morgan fingerprint density at radius 1 is 1.35 bits per heavy atom. The van der Waals surface area contributed by atoms with E-state index in [4.69, 9.17) is 11.1 Å². The van der Waals surface area contributed by atoms with Gasteiger partial charge in [0.25, 0.3) is 0 Å². The fourth-order valence-electron chi connectivity index (χ4n) is 2.62. The quantitative estimate of drug-likeness (QED) is 0.420. The molecule has 0 unspecified atom stereocenters. The van der Waals surface area contributed by atoms with Crippen LogP contribution in [0.3, 0.4) is 0 Å². The Balaban J connectivity index is 2.17. The molecule has 1 atom stereocenters. The third-order valence-electron chi connectivity index (χ3n) is 3.66. The van der Waals surface area contributed by atoms with Crippen LogP contribution in [0.25, 0.3) is 0 Å². The fraction of sp³-hybridized carbons (Fsp3) is 0.400. The summed E-state index contributed by atoms with van der Waals surface area (Å²) in [4.78, 5) is 28.3. The molecule has 1 heterocycles. The van der Waals surface area contributed by atoms with Crippen LogP contribution in [0.15, 0.2) is 24.3 Å². The summed E-state index contributed by atoms with van der Waals surface area (Å²) in [5, 5.41) is 10.4. The van der Waals surface area contributed by atoms with Crippen molar-refractivity contribution >= 4 is 29.2 Å². The van der Waals surface area contributed by atoms with Crippen molar-refractivity contribution in [2.45, 2.75) is 32.1 Å². The standard InChI is InChI=1S/C15H18F3N5O3/c1-9(24)21-12-3-2-8-22(12)10-4-6-11(7-5-10)23(14(19)20)26-13(25)15(16,17)18/h4-7,12H,2-3,8H2,1H3,(H3,19,20)(H,21,24)/t12-/m1/s1. The van der Waals surface area contributed by atoms with E-state index in [1.54, 1.807) is 12.1 Å². The molecule has 0 aliphatic carbocycles. The second-order valence-electron chi connectivity index (χ2n) is 5.62. The maximum atomic E-state index is 12.4. The largest absolute Gasteiger partial charge is 0.493 e. The van der Waals surface area contributed by atoms with Crippen molar-refractivity contribution in [1.29, 1.82) is 5.41 Å². The second kappa shape index (κ2) is 7.50. The number of rotatable bonds is 3. The van der Waals surface area contributed by atoms with Gasteiger partial charge in [-0.2, -0.15) is 13.2 Å². The Hall–Kier alpha value is -2.98. The van der Waals surface area contributed by atoms with Crippen LogP contribution in [0.1, 0.15) is 19.8 Å². The topological polar surface area (TPSA) is 112 Å². The van der Waals surface area contributed by atoms with E-state index in [1.807, 2.05) is 4.90 Å². The van der Waals surface area contributed by atoms with E-state index in [0.717, 1.165) is 18.5 Å². The number of carbonyl (C=O) groups is 2. The number of hydrogen-bond acceptors (Lipinski definition) is 5. The molecular weight excluding hydrogens is 355 g/mol. The Labute approximate surface area is 147 Å². The smallest absolute Gasteiger partial charge is 0.367 e. The van der Waals surface area contributed by atoms with Gasteiger partial charge in [0.05, 0.1) is 5.69 Å². The van der Waals surface area contributed by atoms with Crippen molar-refractivity contribution in [2.75, 3.05) is 16.5 Å². The molecule has 26 heavy (non-hydrogen) atoms.